The number of thiazole rings is 1. The molecule has 0 aliphatic heterocycles. The van der Waals surface area contributed by atoms with Crippen molar-refractivity contribution in [1.29, 1.82) is 0 Å². The molecule has 0 aliphatic carbocycles. The molecule has 4 heteroatoms. The van der Waals surface area contributed by atoms with Gasteiger partial charge in [-0.15, -0.1) is 11.3 Å². The van der Waals surface area contributed by atoms with Gasteiger partial charge < -0.3 is 5.32 Å². The highest BCUT2D eigenvalue weighted by molar-refractivity contribution is 7.09. The smallest absolute Gasteiger partial charge is 0.0798 e. The number of aromatic nitrogens is 1. The molecule has 0 saturated carbocycles. The quantitative estimate of drug-likeness (QED) is 0.891. The van der Waals surface area contributed by atoms with Crippen molar-refractivity contribution in [1.82, 2.24) is 10.3 Å². The molecule has 1 N–H and O–H groups in total. The molecule has 18 heavy (non-hydrogen) atoms. The number of hydrogen-bond donors (Lipinski definition) is 1. The van der Waals surface area contributed by atoms with Crippen LogP contribution in [0.1, 0.15) is 42.1 Å². The summed E-state index contributed by atoms with van der Waals surface area (Å²) < 4.78 is 0. The number of benzene rings is 1. The summed E-state index contributed by atoms with van der Waals surface area (Å²) >= 11 is 7.60. The Balaban J connectivity index is 2.05. The molecule has 0 amide bonds. The molecular formula is C14H17ClN2S. The van der Waals surface area contributed by atoms with E-state index in [0.717, 1.165) is 10.7 Å². The predicted molar refractivity (Wildman–Crippen MR) is 78.3 cm³/mol. The van der Waals surface area contributed by atoms with Crippen LogP contribution in [0.3, 0.4) is 0 Å². The second kappa shape index (κ2) is 5.83. The molecule has 2 aromatic rings. The van der Waals surface area contributed by atoms with E-state index in [4.69, 9.17) is 11.6 Å². The Kier molecular flexibility index (Phi) is 4.38. The fourth-order valence-electron chi connectivity index (χ4n) is 2.02. The van der Waals surface area contributed by atoms with Crippen LogP contribution in [0.4, 0.5) is 0 Å². The fourth-order valence-corrected chi connectivity index (χ4v) is 2.97. The lowest BCUT2D eigenvalue weighted by Crippen LogP contribution is -2.22. The summed E-state index contributed by atoms with van der Waals surface area (Å²) in [6, 6.07) is 8.58. The Morgan fingerprint density at radius 1 is 1.17 bits per heavy atom. The van der Waals surface area contributed by atoms with Crippen LogP contribution >= 0.6 is 22.9 Å². The lowest BCUT2D eigenvalue weighted by molar-refractivity contribution is 0.498. The van der Waals surface area contributed by atoms with Gasteiger partial charge in [-0.3, -0.25) is 0 Å². The molecule has 0 saturated heterocycles. The molecular weight excluding hydrogens is 264 g/mol. The third-order valence-corrected chi connectivity index (χ3v) is 4.41. The van der Waals surface area contributed by atoms with E-state index in [-0.39, 0.29) is 0 Å². The van der Waals surface area contributed by atoms with Crippen LogP contribution in [-0.2, 0) is 0 Å². The second-order valence-corrected chi connectivity index (χ2v) is 5.79. The summed E-state index contributed by atoms with van der Waals surface area (Å²) in [5.41, 5.74) is 4.26. The lowest BCUT2D eigenvalue weighted by atomic mass is 10.1. The van der Waals surface area contributed by atoms with E-state index >= 15 is 0 Å². The normalized spacial score (nSPS) is 14.4. The van der Waals surface area contributed by atoms with Crippen LogP contribution in [0.2, 0.25) is 5.02 Å². The van der Waals surface area contributed by atoms with Gasteiger partial charge in [-0.05, 0) is 38.5 Å². The van der Waals surface area contributed by atoms with E-state index in [2.05, 4.69) is 43.2 Å². The Hall–Kier alpha value is -0.900. The molecule has 0 bridgehead atoms. The minimum absolute atomic E-state index is 0.291. The van der Waals surface area contributed by atoms with E-state index in [1.807, 2.05) is 17.6 Å². The van der Waals surface area contributed by atoms with Gasteiger partial charge in [0, 0.05) is 22.0 Å². The van der Waals surface area contributed by atoms with Crippen LogP contribution in [-0.4, -0.2) is 4.98 Å². The van der Waals surface area contributed by atoms with Crippen molar-refractivity contribution in [2.24, 2.45) is 0 Å². The average molecular weight is 281 g/mol. The highest BCUT2D eigenvalue weighted by atomic mass is 35.5. The molecule has 2 nitrogen and oxygen atoms in total. The third-order valence-electron chi connectivity index (χ3n) is 3.05. The van der Waals surface area contributed by atoms with E-state index in [1.165, 1.54) is 10.4 Å². The zero-order chi connectivity index (χ0) is 13.1. The molecule has 1 unspecified atom stereocenters. The minimum atomic E-state index is 0.291. The van der Waals surface area contributed by atoms with Crippen molar-refractivity contribution in [3.05, 3.63) is 50.9 Å². The first-order valence-corrected chi connectivity index (χ1v) is 7.25. The number of hydrogen-bond acceptors (Lipinski definition) is 3. The molecule has 1 heterocycles. The van der Waals surface area contributed by atoms with Gasteiger partial charge in [-0.1, -0.05) is 23.7 Å². The average Bonchev–Trinajstić information content (AvgIpc) is 2.76. The Morgan fingerprint density at radius 2 is 1.83 bits per heavy atom. The Bertz CT molecular complexity index is 507. The van der Waals surface area contributed by atoms with Gasteiger partial charge in [0.05, 0.1) is 11.2 Å². The molecule has 1 aromatic heterocycles. The maximum absolute atomic E-state index is 5.90. The molecule has 2 atom stereocenters. The predicted octanol–water partition coefficient (Wildman–Crippen LogP) is 4.52. The van der Waals surface area contributed by atoms with Gasteiger partial charge >= 0.3 is 0 Å². The maximum Gasteiger partial charge on any atom is 0.0798 e. The Morgan fingerprint density at radius 3 is 2.39 bits per heavy atom. The molecule has 0 spiro atoms. The number of halogens is 1. The SMILES string of the molecule is Cc1ncsc1C(C)N[C@H](C)c1ccc(Cl)cc1. The van der Waals surface area contributed by atoms with E-state index in [9.17, 15) is 0 Å². The van der Waals surface area contributed by atoms with Crippen molar-refractivity contribution >= 4 is 22.9 Å². The van der Waals surface area contributed by atoms with Crippen LogP contribution < -0.4 is 5.32 Å². The third kappa shape index (κ3) is 3.10. The fraction of sp³-hybridized carbons (Fsp3) is 0.357. The number of nitrogens with one attached hydrogen (secondary N) is 1. The van der Waals surface area contributed by atoms with Gasteiger partial charge in [0.25, 0.3) is 0 Å². The first-order valence-electron chi connectivity index (χ1n) is 5.99. The zero-order valence-corrected chi connectivity index (χ0v) is 12.3. The molecule has 96 valence electrons. The van der Waals surface area contributed by atoms with Gasteiger partial charge in [0.1, 0.15) is 0 Å². The van der Waals surface area contributed by atoms with Crippen LogP contribution in [0.5, 0.6) is 0 Å². The molecule has 2 rings (SSSR count). The summed E-state index contributed by atoms with van der Waals surface area (Å²) in [6.45, 7) is 6.39. The van der Waals surface area contributed by atoms with E-state index in [0.29, 0.717) is 12.1 Å². The largest absolute Gasteiger partial charge is 0.303 e. The standard InChI is InChI=1S/C14H17ClN2S/c1-9(12-4-6-13(15)7-5-12)17-11(3)14-10(2)16-8-18-14/h4-9,11,17H,1-3H3/t9-,11?/m1/s1. The Labute approximate surface area is 117 Å². The summed E-state index contributed by atoms with van der Waals surface area (Å²) in [5, 5.41) is 4.36. The molecule has 0 fully saturated rings. The second-order valence-electron chi connectivity index (χ2n) is 4.46. The van der Waals surface area contributed by atoms with Gasteiger partial charge in [-0.2, -0.15) is 0 Å². The highest BCUT2D eigenvalue weighted by Gasteiger charge is 2.14. The zero-order valence-electron chi connectivity index (χ0n) is 10.8. The summed E-state index contributed by atoms with van der Waals surface area (Å²) in [4.78, 5) is 5.59. The topological polar surface area (TPSA) is 24.9 Å². The summed E-state index contributed by atoms with van der Waals surface area (Å²) in [7, 11) is 0. The monoisotopic (exact) mass is 280 g/mol. The van der Waals surface area contributed by atoms with Crippen molar-refractivity contribution < 1.29 is 0 Å². The molecule has 0 radical (unpaired) electrons. The van der Waals surface area contributed by atoms with Crippen LogP contribution in [0.25, 0.3) is 0 Å². The van der Waals surface area contributed by atoms with Crippen LogP contribution in [0, 0.1) is 6.92 Å². The summed E-state index contributed by atoms with van der Waals surface area (Å²) in [5.74, 6) is 0. The number of aryl methyl sites for hydroxylation is 1. The first kappa shape index (κ1) is 13.5. The van der Waals surface area contributed by atoms with Crippen molar-refractivity contribution in [2.75, 3.05) is 0 Å². The highest BCUT2D eigenvalue weighted by Crippen LogP contribution is 2.25. The van der Waals surface area contributed by atoms with Gasteiger partial charge in [-0.25, -0.2) is 4.98 Å². The summed E-state index contributed by atoms with van der Waals surface area (Å²) in [6.07, 6.45) is 0. The maximum atomic E-state index is 5.90. The molecule has 1 aromatic carbocycles. The van der Waals surface area contributed by atoms with Crippen molar-refractivity contribution in [2.45, 2.75) is 32.9 Å². The number of nitrogens with zero attached hydrogens (tertiary/aromatic N) is 1. The van der Waals surface area contributed by atoms with E-state index < -0.39 is 0 Å². The van der Waals surface area contributed by atoms with E-state index in [1.54, 1.807) is 11.3 Å². The first-order chi connectivity index (χ1) is 8.58. The van der Waals surface area contributed by atoms with Crippen molar-refractivity contribution in [3.63, 3.8) is 0 Å². The van der Waals surface area contributed by atoms with Crippen molar-refractivity contribution in [3.8, 4) is 0 Å². The number of rotatable bonds is 4. The van der Waals surface area contributed by atoms with Crippen LogP contribution in [0.15, 0.2) is 29.8 Å². The van der Waals surface area contributed by atoms with Gasteiger partial charge in [0.2, 0.25) is 0 Å². The minimum Gasteiger partial charge on any atom is -0.303 e. The van der Waals surface area contributed by atoms with Gasteiger partial charge in [0.15, 0.2) is 0 Å². The lowest BCUT2D eigenvalue weighted by Gasteiger charge is -2.20. The molecule has 0 aliphatic rings.